The molecule has 0 aliphatic carbocycles. The number of anilines is 1. The van der Waals surface area contributed by atoms with Crippen LogP contribution in [0.4, 0.5) is 15.9 Å². The lowest BCUT2D eigenvalue weighted by molar-refractivity contribution is -0.384. The van der Waals surface area contributed by atoms with Gasteiger partial charge in [0.05, 0.1) is 16.5 Å². The molecule has 2 aromatic heterocycles. The average molecular weight is 505 g/mol. The smallest absolute Gasteiger partial charge is 0.292 e. The molecule has 0 unspecified atom stereocenters. The molecule has 1 N–H and O–H groups in total. The highest BCUT2D eigenvalue weighted by Gasteiger charge is 2.17. The predicted molar refractivity (Wildman–Crippen MR) is 122 cm³/mol. The average Bonchev–Trinajstić information content (AvgIpc) is 3.39. The van der Waals surface area contributed by atoms with E-state index in [-0.39, 0.29) is 52.0 Å². The Hall–Kier alpha value is -3.89. The SMILES string of the molecule is O=C(Nc1nn(Cc2cccc(F)c2)cc1Cl)c1ccc(COc2ccc([N+](=O)[O-])cc2Cl)o1. The van der Waals surface area contributed by atoms with Gasteiger partial charge in [-0.25, -0.2) is 4.39 Å². The maximum absolute atomic E-state index is 13.4. The first-order chi connectivity index (χ1) is 16.3. The Morgan fingerprint density at radius 2 is 2.00 bits per heavy atom. The minimum atomic E-state index is -0.586. The van der Waals surface area contributed by atoms with E-state index in [2.05, 4.69) is 10.4 Å². The first-order valence-corrected chi connectivity index (χ1v) is 10.5. The molecule has 0 radical (unpaired) electrons. The summed E-state index contributed by atoms with van der Waals surface area (Å²) in [5, 5.41) is 17.8. The molecule has 0 bridgehead atoms. The molecule has 2 heterocycles. The number of halogens is 3. The third-order valence-electron chi connectivity index (χ3n) is 4.56. The number of nitro groups is 1. The van der Waals surface area contributed by atoms with Crippen molar-refractivity contribution in [1.29, 1.82) is 0 Å². The number of nitro benzene ring substituents is 1. The topological polar surface area (TPSA) is 112 Å². The largest absolute Gasteiger partial charge is 0.484 e. The number of furan rings is 1. The van der Waals surface area contributed by atoms with E-state index in [1.807, 2.05) is 0 Å². The number of nitrogens with one attached hydrogen (secondary N) is 1. The number of aromatic nitrogens is 2. The highest BCUT2D eigenvalue weighted by Crippen LogP contribution is 2.29. The Bertz CT molecular complexity index is 1370. The fourth-order valence-electron chi connectivity index (χ4n) is 3.00. The van der Waals surface area contributed by atoms with Gasteiger partial charge in [0.1, 0.15) is 29.0 Å². The highest BCUT2D eigenvalue weighted by atomic mass is 35.5. The molecule has 34 heavy (non-hydrogen) atoms. The monoisotopic (exact) mass is 504 g/mol. The molecule has 0 atom stereocenters. The molecule has 0 fully saturated rings. The van der Waals surface area contributed by atoms with Crippen molar-refractivity contribution in [2.24, 2.45) is 0 Å². The quantitative estimate of drug-likeness (QED) is 0.243. The molecule has 0 saturated heterocycles. The Morgan fingerprint density at radius 3 is 2.74 bits per heavy atom. The zero-order valence-electron chi connectivity index (χ0n) is 17.2. The number of amides is 1. The van der Waals surface area contributed by atoms with Gasteiger partial charge < -0.3 is 14.5 Å². The summed E-state index contributed by atoms with van der Waals surface area (Å²) in [4.78, 5) is 22.8. The van der Waals surface area contributed by atoms with Crippen molar-refractivity contribution in [2.75, 3.05) is 5.32 Å². The normalized spacial score (nSPS) is 10.8. The van der Waals surface area contributed by atoms with Crippen molar-refractivity contribution in [3.05, 3.63) is 104 Å². The zero-order chi connectivity index (χ0) is 24.2. The Balaban J connectivity index is 1.37. The summed E-state index contributed by atoms with van der Waals surface area (Å²) in [5.41, 5.74) is 0.521. The van der Waals surface area contributed by atoms with Gasteiger partial charge in [-0.15, -0.1) is 0 Å². The minimum Gasteiger partial charge on any atom is -0.484 e. The van der Waals surface area contributed by atoms with Gasteiger partial charge >= 0.3 is 0 Å². The molecule has 0 aliphatic heterocycles. The van der Waals surface area contributed by atoms with E-state index in [1.54, 1.807) is 18.2 Å². The third kappa shape index (κ3) is 5.53. The number of ether oxygens (including phenoxy) is 1. The summed E-state index contributed by atoms with van der Waals surface area (Å²) in [5.74, 6) is -0.290. The standard InChI is InChI=1S/C22H15Cl2FN4O5/c23-17-9-15(29(31)32)4-6-19(17)33-12-16-5-7-20(34-16)22(30)26-21-18(24)11-28(27-21)10-13-2-1-3-14(25)8-13/h1-9,11H,10,12H2,(H,26,27,30). The molecule has 1 amide bonds. The fraction of sp³-hybridized carbons (Fsp3) is 0.0909. The van der Waals surface area contributed by atoms with Gasteiger partial charge in [0, 0.05) is 18.3 Å². The first-order valence-electron chi connectivity index (χ1n) is 9.72. The summed E-state index contributed by atoms with van der Waals surface area (Å²) in [7, 11) is 0. The summed E-state index contributed by atoms with van der Waals surface area (Å²) in [6.45, 7) is 0.203. The Morgan fingerprint density at radius 1 is 1.18 bits per heavy atom. The number of hydrogen-bond donors (Lipinski definition) is 1. The fourth-order valence-corrected chi connectivity index (χ4v) is 3.43. The summed E-state index contributed by atoms with van der Waals surface area (Å²) < 4.78 is 25.8. The van der Waals surface area contributed by atoms with Crippen LogP contribution >= 0.6 is 23.2 Å². The van der Waals surface area contributed by atoms with Gasteiger partial charge in [-0.1, -0.05) is 35.3 Å². The second-order valence-corrected chi connectivity index (χ2v) is 7.85. The molecular weight excluding hydrogens is 490 g/mol. The van der Waals surface area contributed by atoms with E-state index in [0.29, 0.717) is 11.3 Å². The van der Waals surface area contributed by atoms with Crippen molar-refractivity contribution < 1.29 is 23.3 Å². The van der Waals surface area contributed by atoms with Gasteiger partial charge in [0.15, 0.2) is 11.6 Å². The Kier molecular flexibility index (Phi) is 6.80. The van der Waals surface area contributed by atoms with Crippen molar-refractivity contribution in [3.8, 4) is 5.75 Å². The zero-order valence-corrected chi connectivity index (χ0v) is 18.7. The van der Waals surface area contributed by atoms with Crippen LogP contribution in [0, 0.1) is 15.9 Å². The van der Waals surface area contributed by atoms with E-state index < -0.39 is 10.8 Å². The molecule has 0 aliphatic rings. The van der Waals surface area contributed by atoms with Crippen LogP contribution in [-0.2, 0) is 13.2 Å². The molecule has 0 spiro atoms. The predicted octanol–water partition coefficient (Wildman–Crippen LogP) is 5.71. The van der Waals surface area contributed by atoms with E-state index in [4.69, 9.17) is 32.4 Å². The van der Waals surface area contributed by atoms with Crippen LogP contribution in [0.15, 0.2) is 65.2 Å². The Labute approximate surface area is 201 Å². The van der Waals surface area contributed by atoms with Crippen LogP contribution in [0.25, 0.3) is 0 Å². The van der Waals surface area contributed by atoms with Crippen LogP contribution in [0.3, 0.4) is 0 Å². The number of hydrogen-bond acceptors (Lipinski definition) is 6. The van der Waals surface area contributed by atoms with Crippen molar-refractivity contribution >= 4 is 40.6 Å². The summed E-state index contributed by atoms with van der Waals surface area (Å²) in [6.07, 6.45) is 1.51. The van der Waals surface area contributed by atoms with Crippen molar-refractivity contribution in [2.45, 2.75) is 13.2 Å². The number of carbonyl (C=O) groups is 1. The minimum absolute atomic E-state index is 0.0101. The molecule has 12 heteroatoms. The third-order valence-corrected chi connectivity index (χ3v) is 5.14. The van der Waals surface area contributed by atoms with Crippen molar-refractivity contribution in [3.63, 3.8) is 0 Å². The second kappa shape index (κ2) is 9.94. The van der Waals surface area contributed by atoms with Crippen LogP contribution < -0.4 is 10.1 Å². The molecule has 0 saturated carbocycles. The lowest BCUT2D eigenvalue weighted by Crippen LogP contribution is -2.12. The van der Waals surface area contributed by atoms with Crippen LogP contribution in [0.5, 0.6) is 5.75 Å². The molecule has 174 valence electrons. The van der Waals surface area contributed by atoms with E-state index >= 15 is 0 Å². The van der Waals surface area contributed by atoms with Crippen LogP contribution in [0.1, 0.15) is 21.9 Å². The number of carbonyl (C=O) groups excluding carboxylic acids is 1. The maximum atomic E-state index is 13.4. The van der Waals surface area contributed by atoms with Gasteiger partial charge in [-0.3, -0.25) is 19.6 Å². The number of benzene rings is 2. The van der Waals surface area contributed by atoms with E-state index in [9.17, 15) is 19.3 Å². The number of non-ortho nitro benzene ring substituents is 1. The number of rotatable bonds is 8. The first kappa shape index (κ1) is 23.3. The van der Waals surface area contributed by atoms with Gasteiger partial charge in [0.2, 0.25) is 0 Å². The van der Waals surface area contributed by atoms with Gasteiger partial charge in [-0.2, -0.15) is 5.10 Å². The van der Waals surface area contributed by atoms with E-state index in [0.717, 1.165) is 0 Å². The maximum Gasteiger partial charge on any atom is 0.292 e. The lowest BCUT2D eigenvalue weighted by Gasteiger charge is -2.06. The number of nitrogens with zero attached hydrogens (tertiary/aromatic N) is 3. The molecule has 4 rings (SSSR count). The molecule has 9 nitrogen and oxygen atoms in total. The second-order valence-electron chi connectivity index (χ2n) is 7.03. The van der Waals surface area contributed by atoms with Crippen molar-refractivity contribution in [1.82, 2.24) is 9.78 Å². The van der Waals surface area contributed by atoms with Crippen LogP contribution in [0.2, 0.25) is 10.0 Å². The molecule has 4 aromatic rings. The summed E-state index contributed by atoms with van der Waals surface area (Å²) in [6, 6.07) is 12.9. The van der Waals surface area contributed by atoms with E-state index in [1.165, 1.54) is 47.3 Å². The molecule has 2 aromatic carbocycles. The van der Waals surface area contributed by atoms with Gasteiger partial charge in [0.25, 0.3) is 11.6 Å². The molecular formula is C22H15Cl2FN4O5. The highest BCUT2D eigenvalue weighted by molar-refractivity contribution is 6.33. The van der Waals surface area contributed by atoms with Crippen LogP contribution in [-0.4, -0.2) is 20.6 Å². The van der Waals surface area contributed by atoms with Gasteiger partial charge in [-0.05, 0) is 35.9 Å². The lowest BCUT2D eigenvalue weighted by atomic mass is 10.2. The summed E-state index contributed by atoms with van der Waals surface area (Å²) >= 11 is 12.2.